The minimum atomic E-state index is -0.114. The average molecular weight is 358 g/mol. The second-order valence-electron chi connectivity index (χ2n) is 7.92. The van der Waals surface area contributed by atoms with Crippen molar-refractivity contribution in [2.45, 2.75) is 25.8 Å². The summed E-state index contributed by atoms with van der Waals surface area (Å²) in [5, 5.41) is 2.76. The topological polar surface area (TPSA) is 55.9 Å². The molecular formula is C20H30N4O2. The zero-order valence-corrected chi connectivity index (χ0v) is 15.9. The Morgan fingerprint density at radius 2 is 1.88 bits per heavy atom. The first-order valence-electron chi connectivity index (χ1n) is 9.47. The molecule has 26 heavy (non-hydrogen) atoms. The third-order valence-corrected chi connectivity index (χ3v) is 5.60. The molecule has 0 aliphatic carbocycles. The summed E-state index contributed by atoms with van der Waals surface area (Å²) < 4.78 is 0. The number of hydrogen-bond acceptors (Lipinski definition) is 3. The van der Waals surface area contributed by atoms with Gasteiger partial charge in [0.15, 0.2) is 0 Å². The van der Waals surface area contributed by atoms with Crippen LogP contribution >= 0.6 is 0 Å². The molecule has 1 aromatic rings. The Balaban J connectivity index is 1.53. The number of nitrogens with zero attached hydrogens (tertiary/aromatic N) is 3. The molecule has 0 radical (unpaired) electrons. The fourth-order valence-corrected chi connectivity index (χ4v) is 4.15. The van der Waals surface area contributed by atoms with Crippen LogP contribution in [0, 0.1) is 5.41 Å². The van der Waals surface area contributed by atoms with Crippen LogP contribution in [0.1, 0.15) is 24.8 Å². The second kappa shape index (κ2) is 8.08. The minimum Gasteiger partial charge on any atom is -0.347 e. The van der Waals surface area contributed by atoms with E-state index in [0.29, 0.717) is 0 Å². The van der Waals surface area contributed by atoms with E-state index in [4.69, 9.17) is 0 Å². The van der Waals surface area contributed by atoms with Gasteiger partial charge in [-0.25, -0.2) is 4.79 Å². The Morgan fingerprint density at radius 1 is 1.12 bits per heavy atom. The second-order valence-corrected chi connectivity index (χ2v) is 7.92. The van der Waals surface area contributed by atoms with Crippen LogP contribution in [-0.4, -0.2) is 73.5 Å². The smallest absolute Gasteiger partial charge is 0.317 e. The predicted molar refractivity (Wildman–Crippen MR) is 102 cm³/mol. The molecule has 0 saturated carbocycles. The predicted octanol–water partition coefficient (Wildman–Crippen LogP) is 1.77. The highest BCUT2D eigenvalue weighted by Crippen LogP contribution is 2.39. The van der Waals surface area contributed by atoms with Gasteiger partial charge in [-0.2, -0.15) is 0 Å². The van der Waals surface area contributed by atoms with Crippen molar-refractivity contribution in [2.24, 2.45) is 5.41 Å². The van der Waals surface area contributed by atoms with E-state index < -0.39 is 0 Å². The van der Waals surface area contributed by atoms with Gasteiger partial charge in [0.05, 0.1) is 6.54 Å². The molecule has 0 aromatic heterocycles. The summed E-state index contributed by atoms with van der Waals surface area (Å²) in [6, 6.07) is 10.5. The zero-order valence-electron chi connectivity index (χ0n) is 15.9. The van der Waals surface area contributed by atoms with Gasteiger partial charge in [-0.1, -0.05) is 30.3 Å². The van der Waals surface area contributed by atoms with Gasteiger partial charge in [0.25, 0.3) is 0 Å². The van der Waals surface area contributed by atoms with E-state index >= 15 is 0 Å². The molecule has 1 atom stereocenters. The largest absolute Gasteiger partial charge is 0.347 e. The molecule has 6 heteroatoms. The number of benzene rings is 1. The number of rotatable bonds is 4. The SMILES string of the molecule is CN(C)C(=O)CNC(=O)N1CCC2(CCCN(Cc3ccccc3)C2)C1. The summed E-state index contributed by atoms with van der Waals surface area (Å²) in [4.78, 5) is 30.0. The molecule has 6 nitrogen and oxygen atoms in total. The van der Waals surface area contributed by atoms with Crippen LogP contribution in [0.4, 0.5) is 4.79 Å². The first kappa shape index (κ1) is 18.7. The normalized spacial score (nSPS) is 23.2. The number of likely N-dealkylation sites (N-methyl/N-ethyl adjacent to an activating group) is 1. The first-order chi connectivity index (χ1) is 12.5. The van der Waals surface area contributed by atoms with Crippen LogP contribution in [0.3, 0.4) is 0 Å². The maximum Gasteiger partial charge on any atom is 0.317 e. The summed E-state index contributed by atoms with van der Waals surface area (Å²) in [6.45, 7) is 4.78. The maximum atomic E-state index is 12.4. The van der Waals surface area contributed by atoms with E-state index in [1.165, 1.54) is 23.3 Å². The zero-order chi connectivity index (χ0) is 18.6. The van der Waals surface area contributed by atoms with Gasteiger partial charge in [-0.15, -0.1) is 0 Å². The summed E-state index contributed by atoms with van der Waals surface area (Å²) in [6.07, 6.45) is 3.41. The molecule has 2 aliphatic rings. The van der Waals surface area contributed by atoms with Crippen LogP contribution in [0.2, 0.25) is 0 Å². The van der Waals surface area contributed by atoms with Crippen molar-refractivity contribution >= 4 is 11.9 Å². The number of likely N-dealkylation sites (tertiary alicyclic amines) is 2. The Kier molecular flexibility index (Phi) is 5.81. The fourth-order valence-electron chi connectivity index (χ4n) is 4.15. The summed E-state index contributed by atoms with van der Waals surface area (Å²) in [5.74, 6) is -0.0843. The van der Waals surface area contributed by atoms with Crippen molar-refractivity contribution in [3.63, 3.8) is 0 Å². The lowest BCUT2D eigenvalue weighted by Gasteiger charge is -2.40. The lowest BCUT2D eigenvalue weighted by molar-refractivity contribution is -0.127. The summed E-state index contributed by atoms with van der Waals surface area (Å²) >= 11 is 0. The highest BCUT2D eigenvalue weighted by molar-refractivity contribution is 5.83. The standard InChI is InChI=1S/C20H30N4O2/c1-22(2)18(25)13-21-19(26)24-12-10-20(16-24)9-6-11-23(15-20)14-17-7-4-3-5-8-17/h3-5,7-8H,6,9-16H2,1-2H3,(H,21,26). The van der Waals surface area contributed by atoms with Crippen molar-refractivity contribution in [1.29, 1.82) is 0 Å². The van der Waals surface area contributed by atoms with Crippen LogP contribution in [-0.2, 0) is 11.3 Å². The quantitative estimate of drug-likeness (QED) is 0.893. The van der Waals surface area contributed by atoms with E-state index in [1.54, 1.807) is 14.1 Å². The lowest BCUT2D eigenvalue weighted by Crippen LogP contribution is -2.47. The molecule has 0 bridgehead atoms. The van der Waals surface area contributed by atoms with Gasteiger partial charge >= 0.3 is 6.03 Å². The van der Waals surface area contributed by atoms with Gasteiger partial charge in [-0.3, -0.25) is 9.69 Å². The lowest BCUT2D eigenvalue weighted by atomic mass is 9.79. The number of urea groups is 1. The van der Waals surface area contributed by atoms with Crippen LogP contribution in [0.15, 0.2) is 30.3 Å². The monoisotopic (exact) mass is 358 g/mol. The molecule has 1 unspecified atom stereocenters. The molecule has 1 aromatic carbocycles. The number of carbonyl (C=O) groups excluding carboxylic acids is 2. The van der Waals surface area contributed by atoms with Gasteiger partial charge in [0.1, 0.15) is 0 Å². The van der Waals surface area contributed by atoms with Gasteiger partial charge < -0.3 is 15.1 Å². The third kappa shape index (κ3) is 4.55. The fraction of sp³-hybridized carbons (Fsp3) is 0.600. The molecule has 2 fully saturated rings. The molecule has 3 amide bonds. The summed E-state index contributed by atoms with van der Waals surface area (Å²) in [7, 11) is 3.39. The summed E-state index contributed by atoms with van der Waals surface area (Å²) in [5.41, 5.74) is 1.55. The van der Waals surface area contributed by atoms with Crippen molar-refractivity contribution in [1.82, 2.24) is 20.0 Å². The van der Waals surface area contributed by atoms with E-state index in [9.17, 15) is 9.59 Å². The Bertz CT molecular complexity index is 634. The average Bonchev–Trinajstić information content (AvgIpc) is 3.03. The Morgan fingerprint density at radius 3 is 2.62 bits per heavy atom. The Labute approximate surface area is 156 Å². The highest BCUT2D eigenvalue weighted by Gasteiger charge is 2.42. The van der Waals surface area contributed by atoms with Crippen molar-refractivity contribution in [3.8, 4) is 0 Å². The molecule has 1 N–H and O–H groups in total. The van der Waals surface area contributed by atoms with Crippen molar-refractivity contribution in [2.75, 3.05) is 46.8 Å². The number of carbonyl (C=O) groups is 2. The van der Waals surface area contributed by atoms with Gasteiger partial charge in [0.2, 0.25) is 5.91 Å². The molecule has 1 spiro atoms. The van der Waals surface area contributed by atoms with Gasteiger partial charge in [-0.05, 0) is 31.4 Å². The molecule has 2 saturated heterocycles. The van der Waals surface area contributed by atoms with E-state index in [1.807, 2.05) is 4.90 Å². The van der Waals surface area contributed by atoms with Crippen LogP contribution in [0.25, 0.3) is 0 Å². The Hall–Kier alpha value is -2.08. The van der Waals surface area contributed by atoms with Crippen LogP contribution < -0.4 is 5.32 Å². The van der Waals surface area contributed by atoms with E-state index in [-0.39, 0.29) is 23.9 Å². The molecule has 142 valence electrons. The van der Waals surface area contributed by atoms with Gasteiger partial charge in [0, 0.05) is 45.7 Å². The van der Waals surface area contributed by atoms with E-state index in [2.05, 4.69) is 40.5 Å². The van der Waals surface area contributed by atoms with Crippen molar-refractivity contribution < 1.29 is 9.59 Å². The molecule has 3 rings (SSSR count). The van der Waals surface area contributed by atoms with Crippen molar-refractivity contribution in [3.05, 3.63) is 35.9 Å². The molecule has 2 aliphatic heterocycles. The number of hydrogen-bond donors (Lipinski definition) is 1. The highest BCUT2D eigenvalue weighted by atomic mass is 16.2. The number of amides is 3. The number of piperidine rings is 1. The van der Waals surface area contributed by atoms with E-state index in [0.717, 1.165) is 39.1 Å². The number of nitrogens with one attached hydrogen (secondary N) is 1. The first-order valence-corrected chi connectivity index (χ1v) is 9.47. The molecular weight excluding hydrogens is 328 g/mol. The van der Waals surface area contributed by atoms with Crippen LogP contribution in [0.5, 0.6) is 0 Å². The third-order valence-electron chi connectivity index (χ3n) is 5.60. The minimum absolute atomic E-state index is 0.0649. The molecule has 2 heterocycles. The maximum absolute atomic E-state index is 12.4.